The molecule has 2 heterocycles. The van der Waals surface area contributed by atoms with E-state index in [2.05, 4.69) is 5.32 Å². The fourth-order valence-electron chi connectivity index (χ4n) is 7.28. The lowest BCUT2D eigenvalue weighted by Crippen LogP contribution is -2.59. The molecule has 2 aliphatic heterocycles. The first kappa shape index (κ1) is 44.7. The van der Waals surface area contributed by atoms with Crippen LogP contribution in [0.15, 0.2) is 103 Å². The molecule has 2 saturated heterocycles. The molecule has 15 nitrogen and oxygen atoms in total. The fourth-order valence-corrected chi connectivity index (χ4v) is 7.28. The second-order valence-electron chi connectivity index (χ2n) is 15.9. The summed E-state index contributed by atoms with van der Waals surface area (Å²) < 4.78 is 36.1. The van der Waals surface area contributed by atoms with Gasteiger partial charge in [-0.3, -0.25) is 9.59 Å². The molecule has 60 heavy (non-hydrogen) atoms. The largest absolute Gasteiger partial charge is 0.460 e. The van der Waals surface area contributed by atoms with Crippen LogP contribution in [0.2, 0.25) is 0 Å². The van der Waals surface area contributed by atoms with Crippen LogP contribution >= 0.6 is 0 Å². The SMILES string of the molecule is CC(C)(C)OC(=O)CCC(CO)NC(=O)C1=CC2OC(c3ccccc3)(c3ccccc3)OC2C(OC(=O)c2cccc(C=CCOC3OC(CO)C(O)C(O)C3O)c2)C1. The summed E-state index contributed by atoms with van der Waals surface area (Å²) in [5.74, 6) is -3.11. The molecular formula is C45H53NO14. The Morgan fingerprint density at radius 2 is 1.58 bits per heavy atom. The van der Waals surface area contributed by atoms with Crippen molar-refractivity contribution in [3.63, 3.8) is 0 Å². The third-order valence-electron chi connectivity index (χ3n) is 10.2. The Hall–Kier alpha value is -4.81. The molecule has 0 saturated carbocycles. The second-order valence-corrected chi connectivity index (χ2v) is 15.9. The third kappa shape index (κ3) is 10.7. The molecule has 0 spiro atoms. The van der Waals surface area contributed by atoms with Crippen LogP contribution in [0.4, 0.5) is 0 Å². The van der Waals surface area contributed by atoms with Crippen molar-refractivity contribution in [3.05, 3.63) is 125 Å². The van der Waals surface area contributed by atoms with Gasteiger partial charge >= 0.3 is 11.9 Å². The highest BCUT2D eigenvalue weighted by molar-refractivity contribution is 5.94. The average molecular weight is 832 g/mol. The minimum Gasteiger partial charge on any atom is -0.460 e. The first-order valence-corrected chi connectivity index (χ1v) is 19.9. The summed E-state index contributed by atoms with van der Waals surface area (Å²) in [5, 5.41) is 52.7. The van der Waals surface area contributed by atoms with E-state index in [1.54, 1.807) is 63.3 Å². The molecule has 9 atom stereocenters. The maximum absolute atomic E-state index is 13.9. The number of nitrogens with one attached hydrogen (secondary N) is 1. The highest BCUT2D eigenvalue weighted by Crippen LogP contribution is 2.47. The lowest BCUT2D eigenvalue weighted by atomic mass is 9.91. The van der Waals surface area contributed by atoms with E-state index in [1.807, 2.05) is 60.7 Å². The van der Waals surface area contributed by atoms with Gasteiger partial charge in [-0.05, 0) is 51.0 Å². The normalized spacial score (nSPS) is 26.8. The van der Waals surface area contributed by atoms with Gasteiger partial charge in [-0.1, -0.05) is 84.9 Å². The van der Waals surface area contributed by atoms with Crippen LogP contribution in [0.3, 0.4) is 0 Å². The number of aliphatic hydroxyl groups excluding tert-OH is 5. The number of benzene rings is 3. The number of carbonyl (C=O) groups excluding carboxylic acids is 3. The maximum atomic E-state index is 13.9. The van der Waals surface area contributed by atoms with Crippen molar-refractivity contribution in [2.24, 2.45) is 0 Å². The quantitative estimate of drug-likeness (QED) is 0.121. The molecule has 0 aromatic heterocycles. The van der Waals surface area contributed by atoms with Crippen molar-refractivity contribution in [1.82, 2.24) is 5.32 Å². The van der Waals surface area contributed by atoms with Crippen molar-refractivity contribution >= 4 is 23.9 Å². The van der Waals surface area contributed by atoms with E-state index >= 15 is 0 Å². The summed E-state index contributed by atoms with van der Waals surface area (Å²) in [6, 6.07) is 24.4. The molecule has 2 fully saturated rings. The lowest BCUT2D eigenvalue weighted by molar-refractivity contribution is -0.298. The van der Waals surface area contributed by atoms with Gasteiger partial charge in [-0.25, -0.2) is 4.79 Å². The molecule has 3 aliphatic rings. The highest BCUT2D eigenvalue weighted by Gasteiger charge is 2.55. The van der Waals surface area contributed by atoms with Crippen LogP contribution in [0.25, 0.3) is 6.08 Å². The lowest BCUT2D eigenvalue weighted by Gasteiger charge is -2.39. The number of ether oxygens (including phenoxy) is 6. The van der Waals surface area contributed by atoms with E-state index in [-0.39, 0.29) is 37.0 Å². The Morgan fingerprint density at radius 1 is 0.900 bits per heavy atom. The smallest absolute Gasteiger partial charge is 0.338 e. The number of amides is 1. The zero-order chi connectivity index (χ0) is 43.0. The molecule has 6 rings (SSSR count). The molecule has 3 aromatic rings. The van der Waals surface area contributed by atoms with Crippen molar-refractivity contribution < 1.29 is 68.3 Å². The Morgan fingerprint density at radius 3 is 2.22 bits per heavy atom. The number of carbonyl (C=O) groups is 3. The van der Waals surface area contributed by atoms with E-state index in [9.17, 15) is 39.9 Å². The standard InChI is InChI=1S/C45H53NO14/c1-44(2,3)59-36(49)20-19-32(25-47)46-41(53)29-23-33(40-34(24-29)58-45(60-40,30-15-6-4-7-16-30)31-17-8-5-9-18-31)56-42(54)28-14-10-12-27(22-28)13-11-21-55-43-39(52)38(51)37(50)35(26-48)57-43/h4-18,22,24,32-35,37-40,43,47-48,50-52H,19-21,23,25-26H2,1-3H3,(H,46,53). The number of hydrogen-bond donors (Lipinski definition) is 6. The van der Waals surface area contributed by atoms with Gasteiger partial charge in [0.05, 0.1) is 31.4 Å². The highest BCUT2D eigenvalue weighted by atomic mass is 16.8. The first-order valence-electron chi connectivity index (χ1n) is 19.9. The molecule has 1 amide bonds. The summed E-state index contributed by atoms with van der Waals surface area (Å²) in [6.45, 7) is 4.17. The number of aliphatic hydroxyl groups is 5. The molecule has 322 valence electrons. The summed E-state index contributed by atoms with van der Waals surface area (Å²) >= 11 is 0. The molecule has 9 unspecified atom stereocenters. The van der Waals surface area contributed by atoms with E-state index in [0.717, 1.165) is 0 Å². The van der Waals surface area contributed by atoms with Crippen molar-refractivity contribution in [3.8, 4) is 0 Å². The maximum Gasteiger partial charge on any atom is 0.338 e. The molecule has 15 heteroatoms. The van der Waals surface area contributed by atoms with E-state index in [1.165, 1.54) is 0 Å². The van der Waals surface area contributed by atoms with Crippen molar-refractivity contribution in [2.45, 2.75) is 106 Å². The van der Waals surface area contributed by atoms with E-state index in [0.29, 0.717) is 16.7 Å². The topological polar surface area (TPSA) is 220 Å². The summed E-state index contributed by atoms with van der Waals surface area (Å²) in [7, 11) is 0. The minimum atomic E-state index is -1.57. The van der Waals surface area contributed by atoms with Crippen LogP contribution in [-0.2, 0) is 43.8 Å². The molecule has 3 aromatic carbocycles. The van der Waals surface area contributed by atoms with Crippen molar-refractivity contribution in [2.75, 3.05) is 19.8 Å². The van der Waals surface area contributed by atoms with Gasteiger partial charge in [0.15, 0.2) is 6.29 Å². The summed E-state index contributed by atoms with van der Waals surface area (Å²) in [5.41, 5.74) is 1.72. The molecule has 6 N–H and O–H groups in total. The summed E-state index contributed by atoms with van der Waals surface area (Å²) in [6.07, 6.45) is -4.81. The number of fused-ring (bicyclic) bond motifs is 1. The molecule has 1 aliphatic carbocycles. The predicted molar refractivity (Wildman–Crippen MR) is 215 cm³/mol. The van der Waals surface area contributed by atoms with Gasteiger partial charge in [-0.2, -0.15) is 0 Å². The summed E-state index contributed by atoms with van der Waals surface area (Å²) in [4.78, 5) is 40.2. The minimum absolute atomic E-state index is 0.0279. The first-order chi connectivity index (χ1) is 28.7. The van der Waals surface area contributed by atoms with Crippen LogP contribution in [-0.4, -0.2) is 124 Å². The van der Waals surface area contributed by atoms with Gasteiger partial charge in [0, 0.05) is 29.5 Å². The Labute approximate surface area is 348 Å². The molecule has 0 bridgehead atoms. The molecular weight excluding hydrogens is 778 g/mol. The van der Waals surface area contributed by atoms with Gasteiger partial charge in [0.25, 0.3) is 0 Å². The van der Waals surface area contributed by atoms with Gasteiger partial charge in [-0.15, -0.1) is 0 Å². The monoisotopic (exact) mass is 831 g/mol. The van der Waals surface area contributed by atoms with Gasteiger partial charge in [0.2, 0.25) is 11.7 Å². The number of hydrogen-bond acceptors (Lipinski definition) is 14. The zero-order valence-electron chi connectivity index (χ0n) is 33.7. The van der Waals surface area contributed by atoms with Gasteiger partial charge in [0.1, 0.15) is 48.3 Å². The third-order valence-corrected chi connectivity index (χ3v) is 10.2. The second kappa shape index (κ2) is 19.7. The predicted octanol–water partition coefficient (Wildman–Crippen LogP) is 2.66. The Kier molecular flexibility index (Phi) is 14.7. The van der Waals surface area contributed by atoms with Crippen LogP contribution in [0.1, 0.15) is 67.1 Å². The van der Waals surface area contributed by atoms with Gasteiger partial charge < -0.3 is 59.3 Å². The van der Waals surface area contributed by atoms with Crippen LogP contribution < -0.4 is 5.32 Å². The average Bonchev–Trinajstić information content (AvgIpc) is 3.65. The Balaban J connectivity index is 1.20. The van der Waals surface area contributed by atoms with Crippen LogP contribution in [0.5, 0.6) is 0 Å². The zero-order valence-corrected chi connectivity index (χ0v) is 33.7. The van der Waals surface area contributed by atoms with E-state index in [4.69, 9.17) is 28.4 Å². The van der Waals surface area contributed by atoms with Crippen LogP contribution in [0, 0.1) is 0 Å². The number of rotatable bonds is 15. The van der Waals surface area contributed by atoms with E-state index < -0.39 is 97.5 Å². The number of esters is 2. The van der Waals surface area contributed by atoms with Crippen molar-refractivity contribution in [1.29, 1.82) is 0 Å². The molecule has 0 radical (unpaired) electrons. The Bertz CT molecular complexity index is 1940. The fraction of sp³-hybridized carbons (Fsp3) is 0.444.